The van der Waals surface area contributed by atoms with E-state index in [-0.39, 0.29) is 11.9 Å². The van der Waals surface area contributed by atoms with E-state index in [2.05, 4.69) is 22.2 Å². The van der Waals surface area contributed by atoms with Crippen LogP contribution in [0.1, 0.15) is 55.3 Å². The lowest BCUT2D eigenvalue weighted by Gasteiger charge is -2.47. The molecule has 0 spiro atoms. The van der Waals surface area contributed by atoms with Gasteiger partial charge in [0.2, 0.25) is 0 Å². The van der Waals surface area contributed by atoms with E-state index in [4.69, 9.17) is 4.42 Å². The van der Waals surface area contributed by atoms with Gasteiger partial charge in [-0.25, -0.2) is 4.98 Å². The Bertz CT molecular complexity index is 740. The third-order valence-electron chi connectivity index (χ3n) is 5.69. The molecule has 5 heteroatoms. The minimum Gasteiger partial charge on any atom is -0.441 e. The van der Waals surface area contributed by atoms with Gasteiger partial charge < -0.3 is 14.6 Å². The zero-order chi connectivity index (χ0) is 16.7. The van der Waals surface area contributed by atoms with E-state index in [1.54, 1.807) is 0 Å². The van der Waals surface area contributed by atoms with Crippen LogP contribution in [0.3, 0.4) is 0 Å². The molecule has 2 aliphatic rings. The van der Waals surface area contributed by atoms with Gasteiger partial charge in [-0.05, 0) is 44.9 Å². The molecule has 3 heterocycles. The second kappa shape index (κ2) is 6.20. The van der Waals surface area contributed by atoms with Crippen LogP contribution < -0.4 is 5.32 Å². The fourth-order valence-corrected chi connectivity index (χ4v) is 4.33. The average Bonchev–Trinajstić information content (AvgIpc) is 2.99. The van der Waals surface area contributed by atoms with Gasteiger partial charge in [0.1, 0.15) is 5.52 Å². The number of amides is 1. The van der Waals surface area contributed by atoms with Crippen molar-refractivity contribution in [3.05, 3.63) is 29.7 Å². The molecule has 0 aliphatic carbocycles. The normalized spacial score (nSPS) is 27.3. The number of hydrogen-bond donors (Lipinski definition) is 1. The van der Waals surface area contributed by atoms with E-state index >= 15 is 0 Å². The number of hydrogen-bond acceptors (Lipinski definition) is 4. The molecule has 128 valence electrons. The van der Waals surface area contributed by atoms with Crippen molar-refractivity contribution in [1.82, 2.24) is 15.2 Å². The van der Waals surface area contributed by atoms with Gasteiger partial charge in [0.25, 0.3) is 5.91 Å². The summed E-state index contributed by atoms with van der Waals surface area (Å²) in [6.45, 7) is 2.00. The predicted molar refractivity (Wildman–Crippen MR) is 93.1 cm³/mol. The Morgan fingerprint density at radius 1 is 1.33 bits per heavy atom. The highest BCUT2D eigenvalue weighted by Crippen LogP contribution is 2.32. The monoisotopic (exact) mass is 327 g/mol. The maximum Gasteiger partial charge on any atom is 0.253 e. The molecule has 2 aliphatic heterocycles. The van der Waals surface area contributed by atoms with Crippen LogP contribution in [0.5, 0.6) is 0 Å². The van der Waals surface area contributed by atoms with E-state index in [1.165, 1.54) is 19.3 Å². The lowest BCUT2D eigenvalue weighted by molar-refractivity contribution is 0.0463. The molecule has 2 unspecified atom stereocenters. The third-order valence-corrected chi connectivity index (χ3v) is 5.69. The van der Waals surface area contributed by atoms with Crippen molar-refractivity contribution >= 4 is 17.0 Å². The first kappa shape index (κ1) is 15.6. The number of piperidine rings is 2. The van der Waals surface area contributed by atoms with Crippen molar-refractivity contribution in [2.75, 3.05) is 7.05 Å². The summed E-state index contributed by atoms with van der Waals surface area (Å²) in [5, 5.41) is 3.26. The predicted octanol–water partition coefficient (Wildman–Crippen LogP) is 3.14. The highest BCUT2D eigenvalue weighted by Gasteiger charge is 2.36. The Labute approximate surface area is 142 Å². The molecular formula is C19H25N3O2. The Morgan fingerprint density at radius 2 is 2.08 bits per heavy atom. The summed E-state index contributed by atoms with van der Waals surface area (Å²) in [6, 6.07) is 7.06. The van der Waals surface area contributed by atoms with E-state index in [9.17, 15) is 4.79 Å². The number of rotatable bonds is 3. The SMILES string of the molecule is CCc1nc2c(C(=O)NC3CC4CCCC(C3)N4C)cccc2o1. The summed E-state index contributed by atoms with van der Waals surface area (Å²) < 4.78 is 5.67. The Morgan fingerprint density at radius 3 is 2.79 bits per heavy atom. The van der Waals surface area contributed by atoms with Crippen molar-refractivity contribution in [3.8, 4) is 0 Å². The standard InChI is InChI=1S/C19H25N3O2/c1-3-17-21-18-15(8-5-9-16(18)24-17)19(23)20-12-10-13-6-4-7-14(11-12)22(13)2/h5,8-9,12-14H,3-4,6-7,10-11H2,1-2H3,(H,20,23). The molecule has 1 amide bonds. The molecule has 0 radical (unpaired) electrons. The van der Waals surface area contributed by atoms with Crippen molar-refractivity contribution in [2.24, 2.45) is 0 Å². The van der Waals surface area contributed by atoms with Gasteiger partial charge in [0.15, 0.2) is 11.5 Å². The Hall–Kier alpha value is -1.88. The summed E-state index contributed by atoms with van der Waals surface area (Å²) in [7, 11) is 2.23. The smallest absolute Gasteiger partial charge is 0.253 e. The number of aromatic nitrogens is 1. The molecule has 4 rings (SSSR count). The molecule has 24 heavy (non-hydrogen) atoms. The molecular weight excluding hydrogens is 302 g/mol. The van der Waals surface area contributed by atoms with Crippen LogP contribution in [0.2, 0.25) is 0 Å². The minimum absolute atomic E-state index is 0.0239. The van der Waals surface area contributed by atoms with Gasteiger partial charge in [-0.1, -0.05) is 19.4 Å². The van der Waals surface area contributed by atoms with Crippen LogP contribution in [0.15, 0.2) is 22.6 Å². The maximum absolute atomic E-state index is 12.8. The van der Waals surface area contributed by atoms with Gasteiger partial charge in [0, 0.05) is 24.5 Å². The van der Waals surface area contributed by atoms with Crippen LogP contribution in [0.25, 0.3) is 11.1 Å². The fraction of sp³-hybridized carbons (Fsp3) is 0.579. The Balaban J connectivity index is 1.53. The molecule has 1 aromatic carbocycles. The van der Waals surface area contributed by atoms with Crippen molar-refractivity contribution in [2.45, 2.75) is 63.6 Å². The summed E-state index contributed by atoms with van der Waals surface area (Å²) in [5.41, 5.74) is 2.00. The second-order valence-electron chi connectivity index (χ2n) is 7.16. The third kappa shape index (κ3) is 2.71. The van der Waals surface area contributed by atoms with Crippen LogP contribution >= 0.6 is 0 Å². The van der Waals surface area contributed by atoms with E-state index in [1.807, 2.05) is 25.1 Å². The van der Waals surface area contributed by atoms with Gasteiger partial charge in [-0.2, -0.15) is 0 Å². The highest BCUT2D eigenvalue weighted by atomic mass is 16.3. The van der Waals surface area contributed by atoms with Gasteiger partial charge in [-0.15, -0.1) is 0 Å². The van der Waals surface area contributed by atoms with Gasteiger partial charge in [-0.3, -0.25) is 4.79 Å². The van der Waals surface area contributed by atoms with Crippen LogP contribution in [0, 0.1) is 0 Å². The first-order valence-corrected chi connectivity index (χ1v) is 9.07. The molecule has 5 nitrogen and oxygen atoms in total. The van der Waals surface area contributed by atoms with Crippen molar-refractivity contribution in [3.63, 3.8) is 0 Å². The fourth-order valence-electron chi connectivity index (χ4n) is 4.33. The van der Waals surface area contributed by atoms with Crippen LogP contribution in [-0.4, -0.2) is 41.0 Å². The molecule has 0 saturated carbocycles. The maximum atomic E-state index is 12.8. The summed E-state index contributed by atoms with van der Waals surface area (Å²) in [5.74, 6) is 0.656. The highest BCUT2D eigenvalue weighted by molar-refractivity contribution is 6.04. The second-order valence-corrected chi connectivity index (χ2v) is 7.16. The molecule has 1 N–H and O–H groups in total. The summed E-state index contributed by atoms with van der Waals surface area (Å²) >= 11 is 0. The molecule has 1 aromatic heterocycles. The zero-order valence-electron chi connectivity index (χ0n) is 14.4. The average molecular weight is 327 g/mol. The van der Waals surface area contributed by atoms with Crippen LogP contribution in [0.4, 0.5) is 0 Å². The number of para-hydroxylation sites is 1. The summed E-state index contributed by atoms with van der Waals surface area (Å²) in [6.07, 6.45) is 6.64. The summed E-state index contributed by atoms with van der Waals surface area (Å²) in [4.78, 5) is 19.8. The zero-order valence-corrected chi connectivity index (χ0v) is 14.4. The minimum atomic E-state index is -0.0239. The topological polar surface area (TPSA) is 58.4 Å². The first-order chi connectivity index (χ1) is 11.7. The molecule has 2 bridgehead atoms. The molecule has 2 fully saturated rings. The number of nitrogens with zero attached hydrogens (tertiary/aromatic N) is 2. The van der Waals surface area contributed by atoms with Crippen LogP contribution in [-0.2, 0) is 6.42 Å². The largest absolute Gasteiger partial charge is 0.441 e. The number of oxazole rings is 1. The van der Waals surface area contributed by atoms with E-state index in [0.717, 1.165) is 19.3 Å². The van der Waals surface area contributed by atoms with Gasteiger partial charge in [0.05, 0.1) is 5.56 Å². The lowest BCUT2D eigenvalue weighted by atomic mass is 9.82. The van der Waals surface area contributed by atoms with E-state index < -0.39 is 0 Å². The van der Waals surface area contributed by atoms with Crippen molar-refractivity contribution < 1.29 is 9.21 Å². The quantitative estimate of drug-likeness (QED) is 0.941. The number of carbonyl (C=O) groups excluding carboxylic acids is 1. The number of nitrogens with one attached hydrogen (secondary N) is 1. The number of fused-ring (bicyclic) bond motifs is 3. The van der Waals surface area contributed by atoms with Gasteiger partial charge >= 0.3 is 0 Å². The number of aryl methyl sites for hydroxylation is 1. The molecule has 2 atom stereocenters. The Kier molecular flexibility index (Phi) is 4.04. The lowest BCUT2D eigenvalue weighted by Crippen LogP contribution is -2.55. The molecule has 2 aromatic rings. The number of benzene rings is 1. The molecule has 2 saturated heterocycles. The van der Waals surface area contributed by atoms with Crippen molar-refractivity contribution in [1.29, 1.82) is 0 Å². The first-order valence-electron chi connectivity index (χ1n) is 9.07. The van der Waals surface area contributed by atoms with E-state index in [0.29, 0.717) is 34.6 Å². The number of carbonyl (C=O) groups is 1.